The minimum atomic E-state index is -1.03. The van der Waals surface area contributed by atoms with Crippen LogP contribution in [0, 0.1) is 26.6 Å². The minimum Gasteiger partial charge on any atom is -0.478 e. The summed E-state index contributed by atoms with van der Waals surface area (Å²) in [5.74, 6) is -1.16. The third-order valence-corrected chi connectivity index (χ3v) is 3.78. The van der Waals surface area contributed by atoms with E-state index in [1.807, 2.05) is 6.92 Å². The molecule has 6 heteroatoms. The van der Waals surface area contributed by atoms with Gasteiger partial charge in [-0.2, -0.15) is 4.98 Å². The SMILES string of the molecule is Cc1cc(C)c(F)c(-c2nc(-c3ccc(C)c(C(=O)O)c3)no2)c1. The van der Waals surface area contributed by atoms with Gasteiger partial charge >= 0.3 is 5.97 Å². The maximum atomic E-state index is 14.3. The van der Waals surface area contributed by atoms with Crippen molar-refractivity contribution < 1.29 is 18.8 Å². The van der Waals surface area contributed by atoms with Gasteiger partial charge in [0.05, 0.1) is 11.1 Å². The maximum Gasteiger partial charge on any atom is 0.335 e. The summed E-state index contributed by atoms with van der Waals surface area (Å²) >= 11 is 0. The van der Waals surface area contributed by atoms with Crippen molar-refractivity contribution >= 4 is 5.97 Å². The Morgan fingerprint density at radius 1 is 1.12 bits per heavy atom. The number of nitrogens with zero attached hydrogens (tertiary/aromatic N) is 2. The van der Waals surface area contributed by atoms with Gasteiger partial charge in [0.2, 0.25) is 5.82 Å². The van der Waals surface area contributed by atoms with Crippen LogP contribution in [0.3, 0.4) is 0 Å². The van der Waals surface area contributed by atoms with Crippen molar-refractivity contribution in [3.63, 3.8) is 0 Å². The molecule has 0 unspecified atom stereocenters. The first kappa shape index (κ1) is 15.9. The zero-order valence-electron chi connectivity index (χ0n) is 13.4. The summed E-state index contributed by atoms with van der Waals surface area (Å²) in [6.07, 6.45) is 0. The molecule has 3 rings (SSSR count). The Kier molecular flexibility index (Phi) is 3.89. The van der Waals surface area contributed by atoms with Gasteiger partial charge in [-0.3, -0.25) is 0 Å². The number of hydrogen-bond donors (Lipinski definition) is 1. The number of aryl methyl sites for hydroxylation is 3. The molecule has 0 saturated heterocycles. The standard InChI is InChI=1S/C18H15FN2O3/c1-9-6-11(3)15(19)14(7-9)17-20-16(21-24-17)12-5-4-10(2)13(8-12)18(22)23/h4-8H,1-3H3,(H,22,23). The minimum absolute atomic E-state index is 0.0618. The van der Waals surface area contributed by atoms with Gasteiger partial charge in [-0.1, -0.05) is 23.4 Å². The number of hydrogen-bond acceptors (Lipinski definition) is 4. The number of carbonyl (C=O) groups is 1. The number of carboxylic acids is 1. The highest BCUT2D eigenvalue weighted by Gasteiger charge is 2.17. The van der Waals surface area contributed by atoms with Gasteiger partial charge in [-0.15, -0.1) is 0 Å². The zero-order chi connectivity index (χ0) is 17.4. The molecule has 122 valence electrons. The summed E-state index contributed by atoms with van der Waals surface area (Å²) in [5, 5.41) is 13.1. The van der Waals surface area contributed by atoms with Gasteiger partial charge in [-0.05, 0) is 49.6 Å². The molecule has 0 aliphatic heterocycles. The maximum absolute atomic E-state index is 14.3. The second-order valence-electron chi connectivity index (χ2n) is 5.70. The topological polar surface area (TPSA) is 76.2 Å². The van der Waals surface area contributed by atoms with Gasteiger partial charge in [0.15, 0.2) is 0 Å². The number of rotatable bonds is 3. The molecule has 24 heavy (non-hydrogen) atoms. The van der Waals surface area contributed by atoms with Gasteiger partial charge in [0, 0.05) is 5.56 Å². The van der Waals surface area contributed by atoms with E-state index in [1.54, 1.807) is 38.1 Å². The van der Waals surface area contributed by atoms with Crippen LogP contribution in [0.4, 0.5) is 4.39 Å². The Labute approximate surface area is 137 Å². The normalized spacial score (nSPS) is 10.8. The van der Waals surface area contributed by atoms with E-state index >= 15 is 0 Å². The van der Waals surface area contributed by atoms with Crippen LogP contribution < -0.4 is 0 Å². The highest BCUT2D eigenvalue weighted by molar-refractivity contribution is 5.90. The quantitative estimate of drug-likeness (QED) is 0.782. The van der Waals surface area contributed by atoms with Gasteiger partial charge in [-0.25, -0.2) is 9.18 Å². The van der Waals surface area contributed by atoms with Crippen LogP contribution in [-0.4, -0.2) is 21.2 Å². The third-order valence-electron chi connectivity index (χ3n) is 3.78. The summed E-state index contributed by atoms with van der Waals surface area (Å²) in [4.78, 5) is 15.5. The molecule has 0 aliphatic rings. The lowest BCUT2D eigenvalue weighted by Gasteiger charge is -2.03. The van der Waals surface area contributed by atoms with Crippen molar-refractivity contribution in [1.82, 2.24) is 10.1 Å². The van der Waals surface area contributed by atoms with E-state index in [0.717, 1.165) is 5.56 Å². The van der Waals surface area contributed by atoms with Crippen molar-refractivity contribution in [2.24, 2.45) is 0 Å². The van der Waals surface area contributed by atoms with E-state index in [2.05, 4.69) is 10.1 Å². The molecule has 1 heterocycles. The van der Waals surface area contributed by atoms with Crippen LogP contribution in [0.2, 0.25) is 0 Å². The Hall–Kier alpha value is -3.02. The van der Waals surface area contributed by atoms with E-state index in [1.165, 1.54) is 6.07 Å². The van der Waals surface area contributed by atoms with Gasteiger partial charge < -0.3 is 9.63 Å². The molecule has 1 aromatic heterocycles. The molecule has 3 aromatic rings. The number of aromatic carboxylic acids is 1. The fraction of sp³-hybridized carbons (Fsp3) is 0.167. The molecule has 0 amide bonds. The molecule has 2 aromatic carbocycles. The summed E-state index contributed by atoms with van der Waals surface area (Å²) in [7, 11) is 0. The lowest BCUT2D eigenvalue weighted by Crippen LogP contribution is -2.00. The lowest BCUT2D eigenvalue weighted by molar-refractivity contribution is 0.0696. The van der Waals surface area contributed by atoms with Crippen molar-refractivity contribution in [1.29, 1.82) is 0 Å². The van der Waals surface area contributed by atoms with Gasteiger partial charge in [0.1, 0.15) is 5.82 Å². The van der Waals surface area contributed by atoms with Crippen molar-refractivity contribution in [2.75, 3.05) is 0 Å². The number of halogens is 1. The fourth-order valence-corrected chi connectivity index (χ4v) is 2.55. The number of aromatic nitrogens is 2. The highest BCUT2D eigenvalue weighted by Crippen LogP contribution is 2.28. The number of carboxylic acid groups (broad SMARTS) is 1. The molecular weight excluding hydrogens is 311 g/mol. The zero-order valence-corrected chi connectivity index (χ0v) is 13.4. The van der Waals surface area contributed by atoms with Crippen LogP contribution in [0.15, 0.2) is 34.9 Å². The monoisotopic (exact) mass is 326 g/mol. The highest BCUT2D eigenvalue weighted by atomic mass is 19.1. The van der Waals surface area contributed by atoms with Crippen LogP contribution in [0.1, 0.15) is 27.0 Å². The van der Waals surface area contributed by atoms with Crippen LogP contribution >= 0.6 is 0 Å². The van der Waals surface area contributed by atoms with E-state index in [9.17, 15) is 14.3 Å². The molecular formula is C18H15FN2O3. The Bertz CT molecular complexity index is 947. The molecule has 0 spiro atoms. The summed E-state index contributed by atoms with van der Waals surface area (Å²) in [5.41, 5.74) is 2.90. The van der Waals surface area contributed by atoms with Crippen molar-refractivity contribution in [3.8, 4) is 22.8 Å². The molecule has 1 N–H and O–H groups in total. The fourth-order valence-electron chi connectivity index (χ4n) is 2.55. The Morgan fingerprint density at radius 3 is 2.58 bits per heavy atom. The molecule has 5 nitrogen and oxygen atoms in total. The van der Waals surface area contributed by atoms with Crippen molar-refractivity contribution in [3.05, 3.63) is 58.4 Å². The van der Waals surface area contributed by atoms with Crippen LogP contribution in [-0.2, 0) is 0 Å². The number of benzene rings is 2. The van der Waals surface area contributed by atoms with Crippen LogP contribution in [0.5, 0.6) is 0 Å². The first-order valence-corrected chi connectivity index (χ1v) is 7.32. The summed E-state index contributed by atoms with van der Waals surface area (Å²) in [6.45, 7) is 5.23. The van der Waals surface area contributed by atoms with E-state index in [4.69, 9.17) is 4.52 Å². The first-order valence-electron chi connectivity index (χ1n) is 7.32. The first-order chi connectivity index (χ1) is 11.4. The lowest BCUT2D eigenvalue weighted by atomic mass is 10.0. The largest absolute Gasteiger partial charge is 0.478 e. The Morgan fingerprint density at radius 2 is 1.88 bits per heavy atom. The third kappa shape index (κ3) is 2.78. The average molecular weight is 326 g/mol. The summed E-state index contributed by atoms with van der Waals surface area (Å²) < 4.78 is 19.5. The van der Waals surface area contributed by atoms with E-state index < -0.39 is 11.8 Å². The summed E-state index contributed by atoms with van der Waals surface area (Å²) in [6, 6.07) is 8.22. The predicted molar refractivity (Wildman–Crippen MR) is 86.3 cm³/mol. The molecule has 0 aliphatic carbocycles. The Balaban J connectivity index is 2.06. The van der Waals surface area contributed by atoms with Gasteiger partial charge in [0.25, 0.3) is 5.89 Å². The molecule has 0 bridgehead atoms. The van der Waals surface area contributed by atoms with E-state index in [0.29, 0.717) is 16.7 Å². The average Bonchev–Trinajstić information content (AvgIpc) is 3.00. The second kappa shape index (κ2) is 5.88. The molecule has 0 radical (unpaired) electrons. The molecule has 0 fully saturated rings. The second-order valence-corrected chi connectivity index (χ2v) is 5.70. The van der Waals surface area contributed by atoms with E-state index in [-0.39, 0.29) is 22.8 Å². The molecule has 0 atom stereocenters. The molecule has 0 saturated carbocycles. The van der Waals surface area contributed by atoms with Crippen molar-refractivity contribution in [2.45, 2.75) is 20.8 Å². The predicted octanol–water partition coefficient (Wildman–Crippen LogP) is 4.17. The van der Waals surface area contributed by atoms with Crippen LogP contribution in [0.25, 0.3) is 22.8 Å². The smallest absolute Gasteiger partial charge is 0.335 e.